The number of ether oxygens (including phenoxy) is 1. The van der Waals surface area contributed by atoms with Crippen LogP contribution in [0, 0.1) is 0 Å². The number of nitrogens with two attached hydrogens (primary N) is 1. The third-order valence-electron chi connectivity index (χ3n) is 3.71. The molecule has 3 N–H and O–H groups in total. The van der Waals surface area contributed by atoms with Crippen LogP contribution in [0.15, 0.2) is 60.7 Å². The maximum absolute atomic E-state index is 12.1. The van der Waals surface area contributed by atoms with Gasteiger partial charge < -0.3 is 15.8 Å². The summed E-state index contributed by atoms with van der Waals surface area (Å²) in [6.07, 6.45) is 0. The van der Waals surface area contributed by atoms with Crippen molar-refractivity contribution in [1.82, 2.24) is 5.32 Å². The molecule has 126 valence electrons. The van der Waals surface area contributed by atoms with Crippen molar-refractivity contribution >= 4 is 11.8 Å². The first kappa shape index (κ1) is 17.7. The molecule has 0 aliphatic heterocycles. The molecular weight excluding hydrogens is 304 g/mol. The molecule has 5 heteroatoms. The molecule has 2 aromatic carbocycles. The number of rotatable bonds is 8. The van der Waals surface area contributed by atoms with Gasteiger partial charge in [-0.3, -0.25) is 9.59 Å². The smallest absolute Gasteiger partial charge is 0.246 e. The lowest BCUT2D eigenvalue weighted by molar-refractivity contribution is -0.130. The SMILES string of the molecule is CCOCC(=O)N[C@@H](C(N)=O)C(c1ccccc1)c1ccccc1. The predicted octanol–water partition coefficient (Wildman–Crippen LogP) is 1.83. The normalized spacial score (nSPS) is 11.9. The minimum absolute atomic E-state index is 0.101. The summed E-state index contributed by atoms with van der Waals surface area (Å²) in [7, 11) is 0. The summed E-state index contributed by atoms with van der Waals surface area (Å²) in [5.41, 5.74) is 7.41. The molecule has 0 saturated carbocycles. The van der Waals surface area contributed by atoms with Crippen molar-refractivity contribution in [3.05, 3.63) is 71.8 Å². The number of hydrogen-bond acceptors (Lipinski definition) is 3. The van der Waals surface area contributed by atoms with E-state index in [4.69, 9.17) is 10.5 Å². The number of carbonyl (C=O) groups is 2. The Balaban J connectivity index is 2.35. The van der Waals surface area contributed by atoms with Crippen molar-refractivity contribution in [3.63, 3.8) is 0 Å². The molecule has 2 amide bonds. The molecule has 0 radical (unpaired) electrons. The molecule has 2 rings (SSSR count). The van der Waals surface area contributed by atoms with Gasteiger partial charge in [-0.05, 0) is 18.1 Å². The fourth-order valence-electron chi connectivity index (χ4n) is 2.63. The topological polar surface area (TPSA) is 81.4 Å². The third-order valence-corrected chi connectivity index (χ3v) is 3.71. The number of primary amides is 1. The highest BCUT2D eigenvalue weighted by molar-refractivity contribution is 5.88. The van der Waals surface area contributed by atoms with Crippen LogP contribution in [-0.2, 0) is 14.3 Å². The summed E-state index contributed by atoms with van der Waals surface area (Å²) in [4.78, 5) is 24.1. The summed E-state index contributed by atoms with van der Waals surface area (Å²) in [6.45, 7) is 2.13. The number of amides is 2. The van der Waals surface area contributed by atoms with Crippen LogP contribution >= 0.6 is 0 Å². The molecule has 1 atom stereocenters. The van der Waals surface area contributed by atoms with Crippen molar-refractivity contribution < 1.29 is 14.3 Å². The monoisotopic (exact) mass is 326 g/mol. The Bertz CT molecular complexity index is 619. The van der Waals surface area contributed by atoms with Crippen LogP contribution in [0.1, 0.15) is 24.0 Å². The first-order valence-electron chi connectivity index (χ1n) is 7.89. The molecule has 0 saturated heterocycles. The zero-order valence-corrected chi connectivity index (χ0v) is 13.6. The highest BCUT2D eigenvalue weighted by Crippen LogP contribution is 2.28. The first-order chi connectivity index (χ1) is 11.6. The van der Waals surface area contributed by atoms with Gasteiger partial charge in [-0.25, -0.2) is 0 Å². The second kappa shape index (κ2) is 8.84. The van der Waals surface area contributed by atoms with E-state index in [1.165, 1.54) is 0 Å². The lowest BCUT2D eigenvalue weighted by Crippen LogP contribution is -2.49. The zero-order valence-electron chi connectivity index (χ0n) is 13.6. The van der Waals surface area contributed by atoms with Crippen molar-refractivity contribution in [3.8, 4) is 0 Å². The minimum Gasteiger partial charge on any atom is -0.372 e. The van der Waals surface area contributed by atoms with Gasteiger partial charge in [0.15, 0.2) is 0 Å². The molecule has 0 aliphatic carbocycles. The molecule has 24 heavy (non-hydrogen) atoms. The fourth-order valence-corrected chi connectivity index (χ4v) is 2.63. The van der Waals surface area contributed by atoms with Crippen LogP contribution in [0.5, 0.6) is 0 Å². The Labute approximate surface area is 141 Å². The van der Waals surface area contributed by atoms with E-state index in [9.17, 15) is 9.59 Å². The Hall–Kier alpha value is -2.66. The van der Waals surface area contributed by atoms with E-state index in [2.05, 4.69) is 5.32 Å². The summed E-state index contributed by atoms with van der Waals surface area (Å²) < 4.78 is 5.10. The number of benzene rings is 2. The molecule has 0 heterocycles. The van der Waals surface area contributed by atoms with Gasteiger partial charge >= 0.3 is 0 Å². The average Bonchev–Trinajstić information content (AvgIpc) is 2.61. The molecule has 5 nitrogen and oxygen atoms in total. The maximum atomic E-state index is 12.1. The Morgan fingerprint density at radius 1 is 1.00 bits per heavy atom. The summed E-state index contributed by atoms with van der Waals surface area (Å²) in [6, 6.07) is 18.2. The van der Waals surface area contributed by atoms with Gasteiger partial charge in [-0.2, -0.15) is 0 Å². The number of carbonyl (C=O) groups excluding carboxylic acids is 2. The lowest BCUT2D eigenvalue weighted by atomic mass is 9.84. The molecule has 0 spiro atoms. The van der Waals surface area contributed by atoms with E-state index in [0.717, 1.165) is 11.1 Å². The van der Waals surface area contributed by atoms with E-state index in [1.54, 1.807) is 6.92 Å². The van der Waals surface area contributed by atoms with Crippen molar-refractivity contribution in [1.29, 1.82) is 0 Å². The highest BCUT2D eigenvalue weighted by Gasteiger charge is 2.30. The van der Waals surface area contributed by atoms with E-state index < -0.39 is 11.9 Å². The summed E-state index contributed by atoms with van der Waals surface area (Å²) in [5, 5.41) is 2.71. The van der Waals surface area contributed by atoms with Crippen LogP contribution in [0.4, 0.5) is 0 Å². The van der Waals surface area contributed by atoms with Gasteiger partial charge in [0.05, 0.1) is 0 Å². The van der Waals surface area contributed by atoms with Gasteiger partial charge in [0, 0.05) is 12.5 Å². The Kier molecular flexibility index (Phi) is 6.51. The molecule has 0 aromatic heterocycles. The fraction of sp³-hybridized carbons (Fsp3) is 0.263. The van der Waals surface area contributed by atoms with Gasteiger partial charge in [0.25, 0.3) is 0 Å². The second-order valence-electron chi connectivity index (χ2n) is 5.38. The number of nitrogens with one attached hydrogen (secondary N) is 1. The predicted molar refractivity (Wildman–Crippen MR) is 92.3 cm³/mol. The molecule has 0 bridgehead atoms. The van der Waals surface area contributed by atoms with Crippen LogP contribution in [0.2, 0.25) is 0 Å². The quantitative estimate of drug-likeness (QED) is 0.776. The maximum Gasteiger partial charge on any atom is 0.246 e. The molecule has 0 unspecified atom stereocenters. The Morgan fingerprint density at radius 2 is 1.50 bits per heavy atom. The van der Waals surface area contributed by atoms with E-state index in [-0.39, 0.29) is 18.4 Å². The largest absolute Gasteiger partial charge is 0.372 e. The van der Waals surface area contributed by atoms with Crippen molar-refractivity contribution in [2.75, 3.05) is 13.2 Å². The third kappa shape index (κ3) is 4.67. The van der Waals surface area contributed by atoms with Crippen molar-refractivity contribution in [2.45, 2.75) is 18.9 Å². The van der Waals surface area contributed by atoms with Crippen LogP contribution < -0.4 is 11.1 Å². The van der Waals surface area contributed by atoms with Crippen LogP contribution in [0.25, 0.3) is 0 Å². The summed E-state index contributed by atoms with van der Waals surface area (Å²) in [5.74, 6) is -1.31. The zero-order chi connectivity index (χ0) is 17.4. The van der Waals surface area contributed by atoms with Crippen LogP contribution in [0.3, 0.4) is 0 Å². The van der Waals surface area contributed by atoms with Crippen LogP contribution in [-0.4, -0.2) is 31.1 Å². The van der Waals surface area contributed by atoms with E-state index >= 15 is 0 Å². The standard InChI is InChI=1S/C19H22N2O3/c1-2-24-13-16(22)21-18(19(20)23)17(14-9-5-3-6-10-14)15-11-7-4-8-12-15/h3-12,17-18H,2,13H2,1H3,(H2,20,23)(H,21,22)/t18-/m1/s1. The molecule has 2 aromatic rings. The van der Waals surface area contributed by atoms with Gasteiger partial charge in [0.1, 0.15) is 12.6 Å². The average molecular weight is 326 g/mol. The lowest BCUT2D eigenvalue weighted by Gasteiger charge is -2.26. The Morgan fingerprint density at radius 3 is 1.92 bits per heavy atom. The van der Waals surface area contributed by atoms with Crippen molar-refractivity contribution in [2.24, 2.45) is 5.73 Å². The van der Waals surface area contributed by atoms with Gasteiger partial charge in [-0.1, -0.05) is 60.7 Å². The van der Waals surface area contributed by atoms with E-state index in [1.807, 2.05) is 60.7 Å². The van der Waals surface area contributed by atoms with Gasteiger partial charge in [0.2, 0.25) is 11.8 Å². The molecule has 0 aliphatic rings. The number of hydrogen-bond donors (Lipinski definition) is 2. The summed E-state index contributed by atoms with van der Waals surface area (Å²) >= 11 is 0. The van der Waals surface area contributed by atoms with E-state index in [0.29, 0.717) is 6.61 Å². The highest BCUT2D eigenvalue weighted by atomic mass is 16.5. The minimum atomic E-state index is -0.859. The molecular formula is C19H22N2O3. The second-order valence-corrected chi connectivity index (χ2v) is 5.38. The van der Waals surface area contributed by atoms with Gasteiger partial charge in [-0.15, -0.1) is 0 Å². The molecule has 0 fully saturated rings. The first-order valence-corrected chi connectivity index (χ1v) is 7.89.